The largest absolute Gasteiger partial charge is 0.348 e. The van der Waals surface area contributed by atoms with Crippen LogP contribution in [0.25, 0.3) is 6.08 Å². The Hall–Kier alpha value is -2.36. The number of aromatic nitrogens is 1. The summed E-state index contributed by atoms with van der Waals surface area (Å²) in [6.07, 6.45) is 5.02. The van der Waals surface area contributed by atoms with Crippen molar-refractivity contribution in [1.29, 1.82) is 0 Å². The molecule has 0 fully saturated rings. The van der Waals surface area contributed by atoms with Crippen molar-refractivity contribution in [3.63, 3.8) is 0 Å². The van der Waals surface area contributed by atoms with Crippen LogP contribution in [-0.2, 0) is 11.3 Å². The fraction of sp³-hybridized carbons (Fsp3) is 0.235. The fourth-order valence-corrected chi connectivity index (χ4v) is 2.75. The number of nitrogens with zero attached hydrogens (tertiary/aromatic N) is 2. The van der Waals surface area contributed by atoms with Gasteiger partial charge in [-0.05, 0) is 31.2 Å². The highest BCUT2D eigenvalue weighted by molar-refractivity contribution is 5.92. The Labute approximate surface area is 123 Å². The standard InChI is InChI=1S/C17H17FN2O/c1-13-16-7-4-10-19(16)11-12-20(13)17(21)9-8-14-5-2-3-6-15(14)18/h2-10,13H,11-12H2,1H3/b9-8-/t13-/m0/s1. The minimum atomic E-state index is -0.317. The third-order valence-electron chi connectivity index (χ3n) is 3.94. The number of halogens is 1. The van der Waals surface area contributed by atoms with Gasteiger partial charge in [0.1, 0.15) is 5.82 Å². The minimum absolute atomic E-state index is 0.0338. The molecular weight excluding hydrogens is 267 g/mol. The van der Waals surface area contributed by atoms with Crippen LogP contribution in [0.3, 0.4) is 0 Å². The highest BCUT2D eigenvalue weighted by atomic mass is 19.1. The molecule has 0 spiro atoms. The van der Waals surface area contributed by atoms with Crippen LogP contribution in [0, 0.1) is 5.82 Å². The molecule has 0 N–H and O–H groups in total. The smallest absolute Gasteiger partial charge is 0.247 e. The van der Waals surface area contributed by atoms with Gasteiger partial charge in [0.05, 0.1) is 6.04 Å². The Kier molecular flexibility index (Phi) is 3.60. The van der Waals surface area contributed by atoms with E-state index in [0.717, 1.165) is 12.2 Å². The average molecular weight is 284 g/mol. The molecule has 1 atom stereocenters. The van der Waals surface area contributed by atoms with E-state index in [4.69, 9.17) is 0 Å². The highest BCUT2D eigenvalue weighted by Gasteiger charge is 2.25. The molecule has 1 amide bonds. The van der Waals surface area contributed by atoms with Gasteiger partial charge in [0.25, 0.3) is 0 Å². The van der Waals surface area contributed by atoms with Crippen LogP contribution < -0.4 is 0 Å². The van der Waals surface area contributed by atoms with Gasteiger partial charge in [-0.3, -0.25) is 4.79 Å². The zero-order valence-electron chi connectivity index (χ0n) is 11.9. The zero-order chi connectivity index (χ0) is 14.8. The summed E-state index contributed by atoms with van der Waals surface area (Å²) in [6, 6.07) is 10.5. The lowest BCUT2D eigenvalue weighted by Gasteiger charge is -2.34. The van der Waals surface area contributed by atoms with Crippen molar-refractivity contribution in [2.24, 2.45) is 0 Å². The van der Waals surface area contributed by atoms with Crippen LogP contribution >= 0.6 is 0 Å². The molecule has 108 valence electrons. The van der Waals surface area contributed by atoms with Gasteiger partial charge < -0.3 is 9.47 Å². The molecule has 2 aromatic rings. The lowest BCUT2D eigenvalue weighted by molar-refractivity contribution is -0.129. The number of carbonyl (C=O) groups excluding carboxylic acids is 1. The molecule has 0 bridgehead atoms. The van der Waals surface area contributed by atoms with Crippen LogP contribution in [0.15, 0.2) is 48.7 Å². The molecule has 1 aromatic heterocycles. The van der Waals surface area contributed by atoms with E-state index < -0.39 is 0 Å². The van der Waals surface area contributed by atoms with Crippen molar-refractivity contribution in [3.8, 4) is 0 Å². The van der Waals surface area contributed by atoms with Gasteiger partial charge in [-0.1, -0.05) is 18.2 Å². The van der Waals surface area contributed by atoms with Crippen molar-refractivity contribution in [2.45, 2.75) is 19.5 Å². The van der Waals surface area contributed by atoms with E-state index in [1.165, 1.54) is 18.2 Å². The number of hydrogen-bond donors (Lipinski definition) is 0. The van der Waals surface area contributed by atoms with Gasteiger partial charge in [0.2, 0.25) is 5.91 Å². The minimum Gasteiger partial charge on any atom is -0.348 e. The monoisotopic (exact) mass is 284 g/mol. The van der Waals surface area contributed by atoms with E-state index in [9.17, 15) is 9.18 Å². The van der Waals surface area contributed by atoms with E-state index in [2.05, 4.69) is 4.57 Å². The molecule has 0 aliphatic carbocycles. The normalized spacial score (nSPS) is 18.0. The van der Waals surface area contributed by atoms with E-state index >= 15 is 0 Å². The number of hydrogen-bond acceptors (Lipinski definition) is 1. The summed E-state index contributed by atoms with van der Waals surface area (Å²) in [5, 5.41) is 0. The third kappa shape index (κ3) is 2.61. The van der Waals surface area contributed by atoms with E-state index in [0.29, 0.717) is 12.1 Å². The summed E-state index contributed by atoms with van der Waals surface area (Å²) >= 11 is 0. The molecular formula is C17H17FN2O. The van der Waals surface area contributed by atoms with Crippen molar-refractivity contribution in [3.05, 3.63) is 65.7 Å². The quantitative estimate of drug-likeness (QED) is 0.777. The summed E-state index contributed by atoms with van der Waals surface area (Å²) in [4.78, 5) is 14.1. The molecule has 1 aliphatic heterocycles. The highest BCUT2D eigenvalue weighted by Crippen LogP contribution is 2.25. The summed E-state index contributed by atoms with van der Waals surface area (Å²) < 4.78 is 15.7. The second-order valence-corrected chi connectivity index (χ2v) is 5.19. The number of amides is 1. The van der Waals surface area contributed by atoms with E-state index in [1.807, 2.05) is 30.2 Å². The first-order valence-corrected chi connectivity index (χ1v) is 7.05. The summed E-state index contributed by atoms with van der Waals surface area (Å²) in [5.74, 6) is -0.402. The Morgan fingerprint density at radius 1 is 1.24 bits per heavy atom. The fourth-order valence-electron chi connectivity index (χ4n) is 2.75. The van der Waals surface area contributed by atoms with Crippen molar-refractivity contribution < 1.29 is 9.18 Å². The molecule has 4 heteroatoms. The number of carbonyl (C=O) groups is 1. The van der Waals surface area contributed by atoms with Gasteiger partial charge >= 0.3 is 0 Å². The van der Waals surface area contributed by atoms with Crippen LogP contribution in [0.2, 0.25) is 0 Å². The Morgan fingerprint density at radius 2 is 2.05 bits per heavy atom. The Morgan fingerprint density at radius 3 is 2.86 bits per heavy atom. The molecule has 0 saturated heterocycles. The summed E-state index contributed by atoms with van der Waals surface area (Å²) in [6.45, 7) is 3.48. The third-order valence-corrected chi connectivity index (χ3v) is 3.94. The molecule has 21 heavy (non-hydrogen) atoms. The van der Waals surface area contributed by atoms with E-state index in [1.54, 1.807) is 18.2 Å². The van der Waals surface area contributed by atoms with Gasteiger partial charge in [0.15, 0.2) is 0 Å². The van der Waals surface area contributed by atoms with E-state index in [-0.39, 0.29) is 17.8 Å². The van der Waals surface area contributed by atoms with Crippen LogP contribution in [-0.4, -0.2) is 21.9 Å². The second kappa shape index (κ2) is 5.56. The maximum absolute atomic E-state index is 13.5. The molecule has 0 saturated carbocycles. The average Bonchev–Trinajstić information content (AvgIpc) is 2.96. The predicted molar refractivity (Wildman–Crippen MR) is 80.0 cm³/mol. The second-order valence-electron chi connectivity index (χ2n) is 5.19. The van der Waals surface area contributed by atoms with Crippen molar-refractivity contribution in [1.82, 2.24) is 9.47 Å². The van der Waals surface area contributed by atoms with Gasteiger partial charge in [0, 0.05) is 36.6 Å². The SMILES string of the molecule is C[C@H]1c2cccn2CCN1C(=O)/C=C\c1ccccc1F. The van der Waals surface area contributed by atoms with Crippen molar-refractivity contribution >= 4 is 12.0 Å². The topological polar surface area (TPSA) is 25.2 Å². The zero-order valence-corrected chi connectivity index (χ0v) is 11.9. The molecule has 1 aromatic carbocycles. The molecule has 2 heterocycles. The maximum Gasteiger partial charge on any atom is 0.247 e. The van der Waals surface area contributed by atoms with Crippen molar-refractivity contribution in [2.75, 3.05) is 6.54 Å². The molecule has 3 nitrogen and oxygen atoms in total. The first-order chi connectivity index (χ1) is 10.2. The summed E-state index contributed by atoms with van der Waals surface area (Å²) in [7, 11) is 0. The number of rotatable bonds is 2. The molecule has 0 radical (unpaired) electrons. The first-order valence-electron chi connectivity index (χ1n) is 7.05. The van der Waals surface area contributed by atoms with Crippen LogP contribution in [0.5, 0.6) is 0 Å². The summed E-state index contributed by atoms with van der Waals surface area (Å²) in [5.41, 5.74) is 1.56. The Bertz CT molecular complexity index is 690. The van der Waals surface area contributed by atoms with Gasteiger partial charge in [-0.2, -0.15) is 0 Å². The van der Waals surface area contributed by atoms with Gasteiger partial charge in [-0.25, -0.2) is 4.39 Å². The number of fused-ring (bicyclic) bond motifs is 1. The van der Waals surface area contributed by atoms with Crippen LogP contribution in [0.4, 0.5) is 4.39 Å². The lowest BCUT2D eigenvalue weighted by Crippen LogP contribution is -2.39. The van der Waals surface area contributed by atoms with Gasteiger partial charge in [-0.15, -0.1) is 0 Å². The maximum atomic E-state index is 13.5. The first kappa shape index (κ1) is 13.6. The molecule has 1 aliphatic rings. The lowest BCUT2D eigenvalue weighted by atomic mass is 10.1. The molecule has 3 rings (SSSR count). The number of benzene rings is 1. The predicted octanol–water partition coefficient (Wildman–Crippen LogP) is 3.24. The molecule has 0 unspecified atom stereocenters. The van der Waals surface area contributed by atoms with Crippen LogP contribution in [0.1, 0.15) is 24.2 Å². The Balaban J connectivity index is 1.76.